The molecule has 0 unspecified atom stereocenters. The number of rotatable bonds is 4. The summed E-state index contributed by atoms with van der Waals surface area (Å²) in [6.07, 6.45) is -4.67. The number of amides is 2. The molecule has 1 aromatic rings. The van der Waals surface area contributed by atoms with E-state index in [9.17, 15) is 18.0 Å². The van der Waals surface area contributed by atoms with Crippen LogP contribution < -0.4 is 16.4 Å². The van der Waals surface area contributed by atoms with E-state index in [-0.39, 0.29) is 24.1 Å². The summed E-state index contributed by atoms with van der Waals surface area (Å²) in [5.41, 5.74) is 4.80. The van der Waals surface area contributed by atoms with Gasteiger partial charge in [0.1, 0.15) is 11.0 Å². The summed E-state index contributed by atoms with van der Waals surface area (Å²) in [7, 11) is 0. The fraction of sp³-hybridized carbons (Fsp3) is 0.375. The molecular formula is C8H9ClF3N5O. The first-order valence-corrected chi connectivity index (χ1v) is 5.06. The van der Waals surface area contributed by atoms with Gasteiger partial charge in [0.2, 0.25) is 5.82 Å². The van der Waals surface area contributed by atoms with Crippen molar-refractivity contribution in [3.8, 4) is 0 Å². The molecule has 18 heavy (non-hydrogen) atoms. The Morgan fingerprint density at radius 3 is 2.61 bits per heavy atom. The Hall–Kier alpha value is -1.77. The lowest BCUT2D eigenvalue weighted by Crippen LogP contribution is -2.33. The van der Waals surface area contributed by atoms with E-state index in [0.717, 1.165) is 6.07 Å². The molecule has 2 amide bonds. The molecular weight excluding hydrogens is 275 g/mol. The average Bonchev–Trinajstić information content (AvgIpc) is 2.22. The first-order valence-electron chi connectivity index (χ1n) is 4.68. The number of nitrogens with two attached hydrogens (primary N) is 1. The van der Waals surface area contributed by atoms with Gasteiger partial charge in [-0.25, -0.2) is 14.8 Å². The molecule has 1 heterocycles. The van der Waals surface area contributed by atoms with Gasteiger partial charge in [0, 0.05) is 19.2 Å². The van der Waals surface area contributed by atoms with Crippen LogP contribution in [0, 0.1) is 0 Å². The number of hydrogen-bond donors (Lipinski definition) is 3. The fourth-order valence-electron chi connectivity index (χ4n) is 1.01. The number of primary amides is 1. The standard InChI is InChI=1S/C8H9ClF3N5O/c9-4-3-5(14-1-2-15-7(13)18)17-6(16-4)8(10,11)12/h3H,1-2H2,(H3,13,15,18)(H,14,16,17). The van der Waals surface area contributed by atoms with Crippen molar-refractivity contribution in [1.82, 2.24) is 15.3 Å². The Morgan fingerprint density at radius 1 is 1.39 bits per heavy atom. The molecule has 0 fully saturated rings. The number of nitrogens with one attached hydrogen (secondary N) is 2. The SMILES string of the molecule is NC(=O)NCCNc1cc(Cl)nc(C(F)(F)F)n1. The predicted molar refractivity (Wildman–Crippen MR) is 58.1 cm³/mol. The zero-order valence-electron chi connectivity index (χ0n) is 8.88. The van der Waals surface area contributed by atoms with E-state index in [2.05, 4.69) is 20.6 Å². The van der Waals surface area contributed by atoms with Crippen molar-refractivity contribution in [2.45, 2.75) is 6.18 Å². The normalized spacial score (nSPS) is 11.1. The van der Waals surface area contributed by atoms with Crippen LogP contribution >= 0.6 is 11.6 Å². The van der Waals surface area contributed by atoms with Gasteiger partial charge >= 0.3 is 12.2 Å². The van der Waals surface area contributed by atoms with Crippen LogP contribution in [0.25, 0.3) is 0 Å². The van der Waals surface area contributed by atoms with Gasteiger partial charge in [0.15, 0.2) is 0 Å². The Kier molecular flexibility index (Phi) is 4.54. The zero-order valence-corrected chi connectivity index (χ0v) is 9.64. The minimum absolute atomic E-state index is 0.0893. The van der Waals surface area contributed by atoms with Gasteiger partial charge in [-0.05, 0) is 0 Å². The van der Waals surface area contributed by atoms with E-state index in [0.29, 0.717) is 0 Å². The molecule has 0 bridgehead atoms. The van der Waals surface area contributed by atoms with Gasteiger partial charge in [-0.3, -0.25) is 0 Å². The lowest BCUT2D eigenvalue weighted by Gasteiger charge is -2.09. The first kappa shape index (κ1) is 14.3. The van der Waals surface area contributed by atoms with Crippen molar-refractivity contribution in [3.63, 3.8) is 0 Å². The summed E-state index contributed by atoms with van der Waals surface area (Å²) in [5.74, 6) is -1.42. The molecule has 10 heteroatoms. The Labute approximate surface area is 105 Å². The van der Waals surface area contributed by atoms with E-state index in [1.165, 1.54) is 0 Å². The van der Waals surface area contributed by atoms with Crippen LogP contribution in [0.1, 0.15) is 5.82 Å². The van der Waals surface area contributed by atoms with Gasteiger partial charge in [-0.1, -0.05) is 11.6 Å². The monoisotopic (exact) mass is 283 g/mol. The smallest absolute Gasteiger partial charge is 0.368 e. The summed E-state index contributed by atoms with van der Waals surface area (Å²) in [4.78, 5) is 16.6. The largest absolute Gasteiger partial charge is 0.451 e. The lowest BCUT2D eigenvalue weighted by molar-refractivity contribution is -0.144. The molecule has 0 aromatic carbocycles. The third kappa shape index (κ3) is 4.62. The number of halogens is 4. The second-order valence-electron chi connectivity index (χ2n) is 3.12. The molecule has 1 rings (SSSR count). The van der Waals surface area contributed by atoms with Crippen LogP contribution in [0.5, 0.6) is 0 Å². The molecule has 0 aliphatic heterocycles. The van der Waals surface area contributed by atoms with E-state index >= 15 is 0 Å². The second-order valence-corrected chi connectivity index (χ2v) is 3.50. The van der Waals surface area contributed by atoms with Crippen molar-refractivity contribution in [1.29, 1.82) is 0 Å². The molecule has 100 valence electrons. The Morgan fingerprint density at radius 2 is 2.06 bits per heavy atom. The van der Waals surface area contributed by atoms with Crippen LogP contribution in [0.15, 0.2) is 6.07 Å². The third-order valence-corrected chi connectivity index (χ3v) is 1.87. The topological polar surface area (TPSA) is 92.9 Å². The number of alkyl halides is 3. The summed E-state index contributed by atoms with van der Waals surface area (Å²) in [5, 5.41) is 4.47. The van der Waals surface area contributed by atoms with Gasteiger partial charge in [0.25, 0.3) is 0 Å². The van der Waals surface area contributed by atoms with Gasteiger partial charge in [-0.2, -0.15) is 13.2 Å². The number of nitrogens with zero attached hydrogens (tertiary/aromatic N) is 2. The molecule has 0 aliphatic rings. The van der Waals surface area contributed by atoms with Crippen molar-refractivity contribution < 1.29 is 18.0 Å². The number of aromatic nitrogens is 2. The predicted octanol–water partition coefficient (Wildman–Crippen LogP) is 1.23. The highest BCUT2D eigenvalue weighted by Crippen LogP contribution is 2.28. The molecule has 1 aromatic heterocycles. The molecule has 4 N–H and O–H groups in total. The molecule has 6 nitrogen and oxygen atoms in total. The summed E-state index contributed by atoms with van der Waals surface area (Å²) >= 11 is 5.44. The molecule has 0 aliphatic carbocycles. The number of hydrogen-bond acceptors (Lipinski definition) is 4. The van der Waals surface area contributed by atoms with Crippen molar-refractivity contribution in [3.05, 3.63) is 17.0 Å². The summed E-state index contributed by atoms with van der Waals surface area (Å²) in [6.45, 7) is 0.284. The van der Waals surface area contributed by atoms with Crippen molar-refractivity contribution in [2.24, 2.45) is 5.73 Å². The minimum Gasteiger partial charge on any atom is -0.368 e. The van der Waals surface area contributed by atoms with E-state index < -0.39 is 18.0 Å². The van der Waals surface area contributed by atoms with Crippen LogP contribution in [0.3, 0.4) is 0 Å². The fourth-order valence-corrected chi connectivity index (χ4v) is 1.19. The highest BCUT2D eigenvalue weighted by molar-refractivity contribution is 6.29. The molecule has 0 radical (unpaired) electrons. The number of anilines is 1. The number of carbonyl (C=O) groups is 1. The van der Waals surface area contributed by atoms with Crippen LogP contribution in [-0.4, -0.2) is 29.1 Å². The van der Waals surface area contributed by atoms with Crippen LogP contribution in [0.2, 0.25) is 5.15 Å². The first-order chi connectivity index (χ1) is 8.29. The Bertz CT molecular complexity index is 439. The van der Waals surface area contributed by atoms with Gasteiger partial charge < -0.3 is 16.4 Å². The zero-order chi connectivity index (χ0) is 13.8. The quantitative estimate of drug-likeness (QED) is 0.572. The second kappa shape index (κ2) is 5.71. The molecule has 0 spiro atoms. The van der Waals surface area contributed by atoms with Gasteiger partial charge in [-0.15, -0.1) is 0 Å². The maximum atomic E-state index is 12.4. The maximum Gasteiger partial charge on any atom is 0.451 e. The van der Waals surface area contributed by atoms with E-state index in [1.54, 1.807) is 0 Å². The minimum atomic E-state index is -4.67. The Balaban J connectivity index is 2.66. The lowest BCUT2D eigenvalue weighted by atomic mass is 10.5. The summed E-state index contributed by atoms with van der Waals surface area (Å²) in [6, 6.07) is 0.412. The van der Waals surface area contributed by atoms with E-state index in [1.807, 2.05) is 0 Å². The van der Waals surface area contributed by atoms with E-state index in [4.69, 9.17) is 17.3 Å². The summed E-state index contributed by atoms with van der Waals surface area (Å²) < 4.78 is 37.1. The highest BCUT2D eigenvalue weighted by Gasteiger charge is 2.35. The van der Waals surface area contributed by atoms with Crippen LogP contribution in [-0.2, 0) is 6.18 Å². The van der Waals surface area contributed by atoms with Crippen molar-refractivity contribution in [2.75, 3.05) is 18.4 Å². The van der Waals surface area contributed by atoms with Crippen LogP contribution in [0.4, 0.5) is 23.8 Å². The molecule has 0 saturated heterocycles. The number of urea groups is 1. The van der Waals surface area contributed by atoms with Gasteiger partial charge in [0.05, 0.1) is 0 Å². The average molecular weight is 284 g/mol. The molecule has 0 saturated carbocycles. The number of carbonyl (C=O) groups excluding carboxylic acids is 1. The molecule has 0 atom stereocenters. The highest BCUT2D eigenvalue weighted by atomic mass is 35.5. The maximum absolute atomic E-state index is 12.4. The third-order valence-electron chi connectivity index (χ3n) is 1.68. The van der Waals surface area contributed by atoms with Crippen molar-refractivity contribution >= 4 is 23.4 Å².